The molecule has 1 atom stereocenters. The van der Waals surface area contributed by atoms with Crippen LogP contribution < -0.4 is 0 Å². The molecule has 0 saturated carbocycles. The zero-order valence-electron chi connectivity index (χ0n) is 28.3. The van der Waals surface area contributed by atoms with E-state index in [1.165, 1.54) is 206 Å². The minimum Gasteiger partial charge on any atom is -0.356 e. The molecule has 1 rings (SSSR count). The van der Waals surface area contributed by atoms with E-state index in [1.807, 2.05) is 0 Å². The Kier molecular flexibility index (Phi) is 27.9. The second-order valence-corrected chi connectivity index (χ2v) is 13.2. The molecule has 1 heterocycles. The van der Waals surface area contributed by atoms with Crippen LogP contribution in [0.3, 0.4) is 0 Å². The molecule has 2 heteroatoms. The lowest BCUT2D eigenvalue weighted by Gasteiger charge is -2.33. The van der Waals surface area contributed by atoms with Gasteiger partial charge in [-0.25, -0.2) is 0 Å². The van der Waals surface area contributed by atoms with Crippen LogP contribution in [-0.4, -0.2) is 29.1 Å². The molecular weight excluding hydrogens is 484 g/mol. The lowest BCUT2D eigenvalue weighted by molar-refractivity contribution is 0.135. The van der Waals surface area contributed by atoms with Gasteiger partial charge in [0.25, 0.3) is 0 Å². The van der Waals surface area contributed by atoms with Crippen molar-refractivity contribution >= 4 is 0 Å². The Morgan fingerprint density at radius 2 is 0.575 bits per heavy atom. The Balaban J connectivity index is 2.08. The fourth-order valence-electron chi connectivity index (χ4n) is 6.54. The molecule has 0 aromatic rings. The van der Waals surface area contributed by atoms with E-state index in [2.05, 4.69) is 43.0 Å². The zero-order valence-corrected chi connectivity index (χ0v) is 28.3. The van der Waals surface area contributed by atoms with E-state index < -0.39 is 0 Å². The SMILES string of the molecule is CCCCCCCCCCCCCCCCCCCN1C=CN(CCCCCCC)C1CCCCCCCCC. The Labute approximate surface area is 254 Å². The van der Waals surface area contributed by atoms with Gasteiger partial charge in [-0.3, -0.25) is 0 Å². The number of nitrogens with zero attached hydrogens (tertiary/aromatic N) is 2. The lowest BCUT2D eigenvalue weighted by atomic mass is 10.0. The Hall–Kier alpha value is -0.660. The fraction of sp³-hybridized carbons (Fsp3) is 0.947. The summed E-state index contributed by atoms with van der Waals surface area (Å²) in [5.74, 6) is 0. The maximum absolute atomic E-state index is 2.70. The van der Waals surface area contributed by atoms with Crippen LogP contribution in [-0.2, 0) is 0 Å². The van der Waals surface area contributed by atoms with Crippen LogP contribution in [0.5, 0.6) is 0 Å². The summed E-state index contributed by atoms with van der Waals surface area (Å²) >= 11 is 0. The predicted molar refractivity (Wildman–Crippen MR) is 182 cm³/mol. The first-order valence-electron chi connectivity index (χ1n) is 19.0. The fourth-order valence-corrected chi connectivity index (χ4v) is 6.54. The van der Waals surface area contributed by atoms with E-state index in [0.29, 0.717) is 6.17 Å². The van der Waals surface area contributed by atoms with Gasteiger partial charge in [-0.05, 0) is 25.7 Å². The third-order valence-corrected chi connectivity index (χ3v) is 9.32. The quantitative estimate of drug-likeness (QED) is 0.0755. The van der Waals surface area contributed by atoms with Gasteiger partial charge in [-0.2, -0.15) is 0 Å². The molecule has 0 radical (unpaired) electrons. The number of rotatable bonds is 32. The molecule has 0 fully saturated rings. The highest BCUT2D eigenvalue weighted by molar-refractivity contribution is 4.97. The molecule has 1 aliphatic rings. The third kappa shape index (κ3) is 22.0. The van der Waals surface area contributed by atoms with Crippen LogP contribution in [0.1, 0.15) is 213 Å². The summed E-state index contributed by atoms with van der Waals surface area (Å²) < 4.78 is 0. The van der Waals surface area contributed by atoms with Crippen LogP contribution in [0, 0.1) is 0 Å². The van der Waals surface area contributed by atoms with Crippen LogP contribution >= 0.6 is 0 Å². The molecule has 0 amide bonds. The van der Waals surface area contributed by atoms with E-state index in [0.717, 1.165) is 0 Å². The van der Waals surface area contributed by atoms with Gasteiger partial charge in [-0.1, -0.05) is 188 Å². The summed E-state index contributed by atoms with van der Waals surface area (Å²) in [6.07, 6.45) is 48.5. The van der Waals surface area contributed by atoms with Crippen molar-refractivity contribution in [1.29, 1.82) is 0 Å². The van der Waals surface area contributed by atoms with Crippen molar-refractivity contribution in [2.45, 2.75) is 220 Å². The standard InChI is InChI=1S/C38H76N2/c1-4-7-10-13-15-16-17-18-19-20-21-22-23-24-26-29-32-35-40-37-36-39(34-31-28-12-9-6-3)38(40)33-30-27-25-14-11-8-5-2/h36-38H,4-35H2,1-3H3. The number of unbranched alkanes of at least 4 members (excludes halogenated alkanes) is 26. The van der Waals surface area contributed by atoms with Crippen LogP contribution in [0.4, 0.5) is 0 Å². The van der Waals surface area contributed by atoms with Crippen molar-refractivity contribution < 1.29 is 0 Å². The van der Waals surface area contributed by atoms with Gasteiger partial charge in [0, 0.05) is 25.5 Å². The van der Waals surface area contributed by atoms with Crippen LogP contribution in [0.25, 0.3) is 0 Å². The summed E-state index contributed by atoms with van der Waals surface area (Å²) in [7, 11) is 0. The molecular formula is C38H76N2. The molecule has 0 aliphatic carbocycles. The first-order chi connectivity index (χ1) is 19.8. The highest BCUT2D eigenvalue weighted by Gasteiger charge is 2.24. The van der Waals surface area contributed by atoms with Gasteiger partial charge in [-0.15, -0.1) is 0 Å². The lowest BCUT2D eigenvalue weighted by Crippen LogP contribution is -2.39. The second kappa shape index (κ2) is 29.8. The van der Waals surface area contributed by atoms with Crippen molar-refractivity contribution in [1.82, 2.24) is 9.80 Å². The minimum atomic E-state index is 0.642. The molecule has 0 bridgehead atoms. The van der Waals surface area contributed by atoms with Crippen molar-refractivity contribution in [2.24, 2.45) is 0 Å². The van der Waals surface area contributed by atoms with Gasteiger partial charge in [0.1, 0.15) is 6.17 Å². The van der Waals surface area contributed by atoms with Gasteiger partial charge in [0.15, 0.2) is 0 Å². The van der Waals surface area contributed by atoms with Crippen molar-refractivity contribution in [3.8, 4) is 0 Å². The highest BCUT2D eigenvalue weighted by Crippen LogP contribution is 2.24. The van der Waals surface area contributed by atoms with Crippen molar-refractivity contribution in [3.05, 3.63) is 12.4 Å². The maximum atomic E-state index is 2.70. The summed E-state index contributed by atoms with van der Waals surface area (Å²) in [4.78, 5) is 5.39. The number of hydrogen-bond acceptors (Lipinski definition) is 2. The van der Waals surface area contributed by atoms with Gasteiger partial charge < -0.3 is 9.80 Å². The smallest absolute Gasteiger partial charge is 0.101 e. The van der Waals surface area contributed by atoms with Gasteiger partial charge >= 0.3 is 0 Å². The second-order valence-electron chi connectivity index (χ2n) is 13.2. The predicted octanol–water partition coefficient (Wildman–Crippen LogP) is 13.2. The molecule has 1 unspecified atom stereocenters. The number of hydrogen-bond donors (Lipinski definition) is 0. The summed E-state index contributed by atoms with van der Waals surface area (Å²) in [5, 5.41) is 0. The molecule has 40 heavy (non-hydrogen) atoms. The van der Waals surface area contributed by atoms with E-state index in [9.17, 15) is 0 Å². The molecule has 2 nitrogen and oxygen atoms in total. The normalized spacial score (nSPS) is 15.1. The molecule has 0 aromatic carbocycles. The van der Waals surface area contributed by atoms with Crippen molar-refractivity contribution in [3.63, 3.8) is 0 Å². The molecule has 1 aliphatic heterocycles. The van der Waals surface area contributed by atoms with Gasteiger partial charge in [0.2, 0.25) is 0 Å². The molecule has 0 spiro atoms. The maximum Gasteiger partial charge on any atom is 0.101 e. The first-order valence-corrected chi connectivity index (χ1v) is 19.0. The molecule has 0 saturated heterocycles. The average molecular weight is 561 g/mol. The van der Waals surface area contributed by atoms with E-state index in [-0.39, 0.29) is 0 Å². The van der Waals surface area contributed by atoms with E-state index in [1.54, 1.807) is 0 Å². The average Bonchev–Trinajstić information content (AvgIpc) is 3.35. The Morgan fingerprint density at radius 3 is 0.875 bits per heavy atom. The minimum absolute atomic E-state index is 0.642. The van der Waals surface area contributed by atoms with Gasteiger partial charge in [0.05, 0.1) is 0 Å². The Bertz CT molecular complexity index is 516. The van der Waals surface area contributed by atoms with E-state index >= 15 is 0 Å². The first kappa shape index (κ1) is 37.4. The van der Waals surface area contributed by atoms with Crippen LogP contribution in [0.15, 0.2) is 12.4 Å². The third-order valence-electron chi connectivity index (χ3n) is 9.32. The molecule has 0 aromatic heterocycles. The summed E-state index contributed by atoms with van der Waals surface area (Å²) in [6.45, 7) is 9.47. The highest BCUT2D eigenvalue weighted by atomic mass is 15.4. The monoisotopic (exact) mass is 561 g/mol. The summed E-state index contributed by atoms with van der Waals surface area (Å²) in [5.41, 5.74) is 0. The van der Waals surface area contributed by atoms with E-state index in [4.69, 9.17) is 0 Å². The molecule has 0 N–H and O–H groups in total. The van der Waals surface area contributed by atoms with Crippen LogP contribution in [0.2, 0.25) is 0 Å². The zero-order chi connectivity index (χ0) is 28.8. The largest absolute Gasteiger partial charge is 0.356 e. The van der Waals surface area contributed by atoms with Crippen molar-refractivity contribution in [2.75, 3.05) is 13.1 Å². The molecule has 238 valence electrons. The Morgan fingerprint density at radius 1 is 0.325 bits per heavy atom. The summed E-state index contributed by atoms with van der Waals surface area (Å²) in [6, 6.07) is 0. The topological polar surface area (TPSA) is 6.48 Å².